The third-order valence-corrected chi connectivity index (χ3v) is 4.14. The van der Waals surface area contributed by atoms with E-state index in [1.807, 2.05) is 13.0 Å². The van der Waals surface area contributed by atoms with Crippen LogP contribution in [-0.2, 0) is 0 Å². The van der Waals surface area contributed by atoms with E-state index >= 15 is 0 Å². The van der Waals surface area contributed by atoms with Crippen LogP contribution >= 0.6 is 0 Å². The summed E-state index contributed by atoms with van der Waals surface area (Å²) in [5.74, 6) is -0.0703. The Balaban J connectivity index is 1.67. The molecule has 0 spiro atoms. The molecular weight excluding hydrogens is 309 g/mol. The number of benzene rings is 1. The highest BCUT2D eigenvalue weighted by Gasteiger charge is 2.26. The average Bonchev–Trinajstić information content (AvgIpc) is 2.59. The van der Waals surface area contributed by atoms with Crippen molar-refractivity contribution in [3.8, 4) is 5.88 Å². The molecule has 1 unspecified atom stereocenters. The molecule has 1 atom stereocenters. The molecule has 0 saturated carbocycles. The zero-order valence-corrected chi connectivity index (χ0v) is 13.8. The van der Waals surface area contributed by atoms with Gasteiger partial charge in [-0.2, -0.15) is 5.10 Å². The van der Waals surface area contributed by atoms with E-state index in [2.05, 4.69) is 10.2 Å². The second-order valence-corrected chi connectivity index (χ2v) is 6.11. The predicted molar refractivity (Wildman–Crippen MR) is 87.5 cm³/mol. The SMILES string of the molecule is Cc1ccc(OC2CCCN(C(=O)c3ccc(C)c(F)c3)C2)nn1. The first-order valence-electron chi connectivity index (χ1n) is 8.05. The van der Waals surface area contributed by atoms with Crippen molar-refractivity contribution >= 4 is 5.91 Å². The second kappa shape index (κ2) is 6.95. The van der Waals surface area contributed by atoms with Crippen LogP contribution in [0.2, 0.25) is 0 Å². The summed E-state index contributed by atoms with van der Waals surface area (Å²) in [6, 6.07) is 8.20. The average molecular weight is 329 g/mol. The van der Waals surface area contributed by atoms with Crippen LogP contribution in [0.4, 0.5) is 4.39 Å². The number of amides is 1. The molecule has 1 aromatic heterocycles. The second-order valence-electron chi connectivity index (χ2n) is 6.11. The molecule has 1 fully saturated rings. The molecule has 0 radical (unpaired) electrons. The molecule has 2 aromatic rings. The van der Waals surface area contributed by atoms with Gasteiger partial charge in [0.05, 0.1) is 12.2 Å². The molecule has 0 bridgehead atoms. The quantitative estimate of drug-likeness (QED) is 0.869. The van der Waals surface area contributed by atoms with E-state index in [1.54, 1.807) is 30.0 Å². The van der Waals surface area contributed by atoms with Gasteiger partial charge in [0, 0.05) is 18.2 Å². The zero-order chi connectivity index (χ0) is 17.1. The first kappa shape index (κ1) is 16.4. The van der Waals surface area contributed by atoms with Crippen molar-refractivity contribution in [1.82, 2.24) is 15.1 Å². The van der Waals surface area contributed by atoms with E-state index in [1.165, 1.54) is 6.07 Å². The van der Waals surface area contributed by atoms with Crippen LogP contribution in [0.5, 0.6) is 5.88 Å². The zero-order valence-electron chi connectivity index (χ0n) is 13.8. The fraction of sp³-hybridized carbons (Fsp3) is 0.389. The summed E-state index contributed by atoms with van der Waals surface area (Å²) in [6.07, 6.45) is 1.56. The molecular formula is C18H20FN3O2. The van der Waals surface area contributed by atoms with Gasteiger partial charge in [0.15, 0.2) is 0 Å². The minimum absolute atomic E-state index is 0.130. The maximum absolute atomic E-state index is 13.7. The minimum Gasteiger partial charge on any atom is -0.471 e. The monoisotopic (exact) mass is 329 g/mol. The summed E-state index contributed by atoms with van der Waals surface area (Å²) >= 11 is 0. The number of piperidine rings is 1. The molecule has 1 aromatic carbocycles. The lowest BCUT2D eigenvalue weighted by molar-refractivity contribution is 0.0525. The minimum atomic E-state index is -0.361. The molecule has 1 aliphatic rings. The number of likely N-dealkylation sites (tertiary alicyclic amines) is 1. The molecule has 24 heavy (non-hydrogen) atoms. The van der Waals surface area contributed by atoms with Crippen LogP contribution in [0.25, 0.3) is 0 Å². The summed E-state index contributed by atoms with van der Waals surface area (Å²) in [7, 11) is 0. The predicted octanol–water partition coefficient (Wildman–Crippen LogP) is 2.92. The first-order valence-corrected chi connectivity index (χ1v) is 8.05. The van der Waals surface area contributed by atoms with E-state index in [0.29, 0.717) is 30.1 Å². The third kappa shape index (κ3) is 3.69. The number of halogens is 1. The van der Waals surface area contributed by atoms with Crippen LogP contribution in [0.15, 0.2) is 30.3 Å². The molecule has 1 amide bonds. The molecule has 1 saturated heterocycles. The Kier molecular flexibility index (Phi) is 4.74. The van der Waals surface area contributed by atoms with E-state index in [0.717, 1.165) is 18.5 Å². The number of hydrogen-bond acceptors (Lipinski definition) is 4. The van der Waals surface area contributed by atoms with Crippen LogP contribution in [0.1, 0.15) is 34.5 Å². The van der Waals surface area contributed by atoms with Crippen molar-refractivity contribution in [2.45, 2.75) is 32.8 Å². The van der Waals surface area contributed by atoms with Gasteiger partial charge >= 0.3 is 0 Å². The third-order valence-electron chi connectivity index (χ3n) is 4.14. The summed E-state index contributed by atoms with van der Waals surface area (Å²) in [5.41, 5.74) is 1.72. The normalized spacial score (nSPS) is 17.6. The molecule has 3 rings (SSSR count). The standard InChI is InChI=1S/C18H20FN3O2/c1-12-5-7-14(10-16(12)19)18(23)22-9-3-4-15(11-22)24-17-8-6-13(2)20-21-17/h5-8,10,15H,3-4,9,11H2,1-2H3. The molecule has 126 valence electrons. The summed E-state index contributed by atoms with van der Waals surface area (Å²) in [4.78, 5) is 14.3. The summed E-state index contributed by atoms with van der Waals surface area (Å²) in [6.45, 7) is 4.65. The van der Waals surface area contributed by atoms with Crippen LogP contribution in [-0.4, -0.2) is 40.2 Å². The van der Waals surface area contributed by atoms with E-state index in [-0.39, 0.29) is 17.8 Å². The number of aromatic nitrogens is 2. The highest BCUT2D eigenvalue weighted by atomic mass is 19.1. The number of nitrogens with zero attached hydrogens (tertiary/aromatic N) is 3. The van der Waals surface area contributed by atoms with E-state index in [9.17, 15) is 9.18 Å². The van der Waals surface area contributed by atoms with Gasteiger partial charge in [-0.05, 0) is 50.5 Å². The molecule has 6 heteroatoms. The number of ether oxygens (including phenoxy) is 1. The Bertz CT molecular complexity index is 734. The van der Waals surface area contributed by atoms with E-state index < -0.39 is 0 Å². The first-order chi connectivity index (χ1) is 11.5. The molecule has 1 aliphatic heterocycles. The number of aryl methyl sites for hydroxylation is 2. The van der Waals surface area contributed by atoms with Gasteiger partial charge in [-0.25, -0.2) is 4.39 Å². The van der Waals surface area contributed by atoms with E-state index in [4.69, 9.17) is 4.74 Å². The summed E-state index contributed by atoms with van der Waals surface area (Å²) < 4.78 is 19.5. The Hall–Kier alpha value is -2.50. The van der Waals surface area contributed by atoms with Gasteiger partial charge in [0.2, 0.25) is 5.88 Å². The molecule has 0 aliphatic carbocycles. The topological polar surface area (TPSA) is 55.3 Å². The van der Waals surface area contributed by atoms with Crippen molar-refractivity contribution in [1.29, 1.82) is 0 Å². The van der Waals surface area contributed by atoms with Crippen molar-refractivity contribution in [2.24, 2.45) is 0 Å². The molecule has 0 N–H and O–H groups in total. The number of rotatable bonds is 3. The van der Waals surface area contributed by atoms with Crippen molar-refractivity contribution in [2.75, 3.05) is 13.1 Å². The molecule has 5 nitrogen and oxygen atoms in total. The fourth-order valence-corrected chi connectivity index (χ4v) is 2.75. The Morgan fingerprint density at radius 3 is 2.79 bits per heavy atom. The Morgan fingerprint density at radius 2 is 2.08 bits per heavy atom. The number of carbonyl (C=O) groups is 1. The maximum atomic E-state index is 13.7. The van der Waals surface area contributed by atoms with Gasteiger partial charge in [-0.15, -0.1) is 5.10 Å². The summed E-state index contributed by atoms with van der Waals surface area (Å²) in [5, 5.41) is 7.96. The largest absolute Gasteiger partial charge is 0.471 e. The van der Waals surface area contributed by atoms with Crippen LogP contribution < -0.4 is 4.74 Å². The Labute approximate surface area is 140 Å². The highest BCUT2D eigenvalue weighted by Crippen LogP contribution is 2.19. The van der Waals surface area contributed by atoms with Crippen LogP contribution in [0, 0.1) is 19.7 Å². The lowest BCUT2D eigenvalue weighted by atomic mass is 10.1. The van der Waals surface area contributed by atoms with Crippen LogP contribution in [0.3, 0.4) is 0 Å². The van der Waals surface area contributed by atoms with Gasteiger partial charge in [-0.3, -0.25) is 4.79 Å². The number of carbonyl (C=O) groups excluding carboxylic acids is 1. The lowest BCUT2D eigenvalue weighted by Gasteiger charge is -2.32. The highest BCUT2D eigenvalue weighted by molar-refractivity contribution is 5.94. The van der Waals surface area contributed by atoms with Crippen molar-refractivity contribution in [3.63, 3.8) is 0 Å². The van der Waals surface area contributed by atoms with Crippen molar-refractivity contribution < 1.29 is 13.9 Å². The van der Waals surface area contributed by atoms with Crippen molar-refractivity contribution in [3.05, 3.63) is 53.0 Å². The van der Waals surface area contributed by atoms with Gasteiger partial charge < -0.3 is 9.64 Å². The Morgan fingerprint density at radius 1 is 1.25 bits per heavy atom. The van der Waals surface area contributed by atoms with Gasteiger partial charge in [0.25, 0.3) is 5.91 Å². The lowest BCUT2D eigenvalue weighted by Crippen LogP contribution is -2.44. The van der Waals surface area contributed by atoms with Gasteiger partial charge in [-0.1, -0.05) is 6.07 Å². The fourth-order valence-electron chi connectivity index (χ4n) is 2.75. The smallest absolute Gasteiger partial charge is 0.254 e. The molecule has 2 heterocycles. The van der Waals surface area contributed by atoms with Gasteiger partial charge in [0.1, 0.15) is 11.9 Å². The maximum Gasteiger partial charge on any atom is 0.254 e. The number of hydrogen-bond donors (Lipinski definition) is 0.